The molecule has 1 fully saturated rings. The highest BCUT2D eigenvalue weighted by molar-refractivity contribution is 7.99. The summed E-state index contributed by atoms with van der Waals surface area (Å²) in [5.41, 5.74) is 1.27. The van der Waals surface area contributed by atoms with Gasteiger partial charge in [-0.1, -0.05) is 17.7 Å². The molecule has 2 aromatic rings. The van der Waals surface area contributed by atoms with Gasteiger partial charge in [-0.25, -0.2) is 9.67 Å². The Morgan fingerprint density at radius 2 is 1.92 bits per heavy atom. The number of benzene rings is 1. The van der Waals surface area contributed by atoms with Crippen LogP contribution in [0.2, 0.25) is 0 Å². The Kier molecular flexibility index (Phi) is 6.73. The third-order valence-electron chi connectivity index (χ3n) is 5.06. The number of thioether (sulfide) groups is 1. The van der Waals surface area contributed by atoms with Crippen LogP contribution in [-0.2, 0) is 13.0 Å². The molecule has 3 rings (SSSR count). The highest BCUT2D eigenvalue weighted by atomic mass is 32.2. The van der Waals surface area contributed by atoms with Crippen molar-refractivity contribution in [1.29, 1.82) is 0 Å². The molecule has 1 aromatic heterocycles. The molecule has 1 aromatic carbocycles. The molecule has 142 valence electrons. The van der Waals surface area contributed by atoms with E-state index in [4.69, 9.17) is 10.1 Å². The van der Waals surface area contributed by atoms with Crippen LogP contribution < -0.4 is 0 Å². The number of aliphatic hydroxyl groups is 1. The topological polar surface area (TPSA) is 54.2 Å². The van der Waals surface area contributed by atoms with Crippen molar-refractivity contribution in [2.45, 2.75) is 49.8 Å². The lowest BCUT2D eigenvalue weighted by Gasteiger charge is -2.28. The van der Waals surface area contributed by atoms with Gasteiger partial charge in [0.1, 0.15) is 5.82 Å². The fourth-order valence-electron chi connectivity index (χ4n) is 3.45. The molecule has 6 heteroatoms. The van der Waals surface area contributed by atoms with Crippen molar-refractivity contribution in [3.63, 3.8) is 0 Å². The molecule has 1 N–H and O–H groups in total. The zero-order valence-corrected chi connectivity index (χ0v) is 16.9. The molecule has 0 saturated carbocycles. The molecule has 1 atom stereocenters. The summed E-state index contributed by atoms with van der Waals surface area (Å²) in [6.07, 6.45) is 3.38. The van der Waals surface area contributed by atoms with Gasteiger partial charge in [-0.15, -0.1) is 11.8 Å². The van der Waals surface area contributed by atoms with Crippen molar-refractivity contribution in [2.75, 3.05) is 26.7 Å². The van der Waals surface area contributed by atoms with Gasteiger partial charge in [0, 0.05) is 11.3 Å². The third kappa shape index (κ3) is 5.09. The zero-order chi connectivity index (χ0) is 18.5. The maximum absolute atomic E-state index is 9.41. The van der Waals surface area contributed by atoms with Gasteiger partial charge < -0.3 is 10.0 Å². The number of aromatic nitrogens is 3. The molecule has 5 nitrogen and oxygen atoms in total. The molecule has 0 radical (unpaired) electrons. The number of hydrogen-bond donors (Lipinski definition) is 1. The molecule has 1 saturated heterocycles. The highest BCUT2D eigenvalue weighted by Gasteiger charge is 2.22. The molecule has 2 heterocycles. The summed E-state index contributed by atoms with van der Waals surface area (Å²) in [4.78, 5) is 8.49. The summed E-state index contributed by atoms with van der Waals surface area (Å²) in [5.74, 6) is 2.57. The average molecular weight is 375 g/mol. The normalized spacial score (nSPS) is 17.5. The lowest BCUT2D eigenvalue weighted by Crippen LogP contribution is -2.31. The average Bonchev–Trinajstić information content (AvgIpc) is 3.02. The quantitative estimate of drug-likeness (QED) is 0.754. The van der Waals surface area contributed by atoms with Crippen molar-refractivity contribution in [3.05, 3.63) is 41.5 Å². The van der Waals surface area contributed by atoms with Gasteiger partial charge in [0.2, 0.25) is 0 Å². The first kappa shape index (κ1) is 19.4. The third-order valence-corrected chi connectivity index (χ3v) is 6.17. The zero-order valence-electron chi connectivity index (χ0n) is 16.1. The Morgan fingerprint density at radius 1 is 1.23 bits per heavy atom. The second kappa shape index (κ2) is 9.02. The van der Waals surface area contributed by atoms with Crippen molar-refractivity contribution in [1.82, 2.24) is 19.7 Å². The van der Waals surface area contributed by atoms with E-state index in [1.165, 1.54) is 23.3 Å². The largest absolute Gasteiger partial charge is 0.394 e. The number of aliphatic hydroxyl groups excluding tert-OH is 1. The van der Waals surface area contributed by atoms with Crippen molar-refractivity contribution in [2.24, 2.45) is 5.92 Å². The lowest BCUT2D eigenvalue weighted by atomic mass is 9.94. The summed E-state index contributed by atoms with van der Waals surface area (Å²) in [7, 11) is 2.19. The van der Waals surface area contributed by atoms with Gasteiger partial charge in [0.15, 0.2) is 5.82 Å². The van der Waals surface area contributed by atoms with Gasteiger partial charge in [0.25, 0.3) is 0 Å². The molecule has 1 aliphatic heterocycles. The van der Waals surface area contributed by atoms with Gasteiger partial charge in [0.05, 0.1) is 18.4 Å². The van der Waals surface area contributed by atoms with Gasteiger partial charge >= 0.3 is 0 Å². The van der Waals surface area contributed by atoms with Crippen LogP contribution in [0.1, 0.15) is 42.2 Å². The number of rotatable bonds is 7. The second-order valence-electron chi connectivity index (χ2n) is 7.36. The van der Waals surface area contributed by atoms with Crippen LogP contribution in [0.4, 0.5) is 0 Å². The minimum absolute atomic E-state index is 0.0892. The predicted molar refractivity (Wildman–Crippen MR) is 106 cm³/mol. The lowest BCUT2D eigenvalue weighted by molar-refractivity contribution is 0.217. The molecule has 1 aliphatic rings. The summed E-state index contributed by atoms with van der Waals surface area (Å²) in [6.45, 7) is 7.19. The summed E-state index contributed by atoms with van der Waals surface area (Å²) in [6, 6.07) is 8.59. The molecule has 26 heavy (non-hydrogen) atoms. The number of hydrogen-bond acceptors (Lipinski definition) is 5. The Hall–Kier alpha value is -1.37. The summed E-state index contributed by atoms with van der Waals surface area (Å²) in [5, 5.41) is 14.3. The van der Waals surface area contributed by atoms with E-state index < -0.39 is 0 Å². The van der Waals surface area contributed by atoms with Crippen molar-refractivity contribution >= 4 is 11.8 Å². The Labute approximate surface area is 160 Å². The van der Waals surface area contributed by atoms with Crippen LogP contribution >= 0.6 is 11.8 Å². The summed E-state index contributed by atoms with van der Waals surface area (Å²) < 4.78 is 1.90. The maximum atomic E-state index is 9.41. The Balaban J connectivity index is 1.70. The number of likely N-dealkylation sites (tertiary alicyclic amines) is 1. The molecular formula is C20H30N4OS. The first-order chi connectivity index (χ1) is 12.5. The molecule has 0 spiro atoms. The van der Waals surface area contributed by atoms with Gasteiger partial charge in [-0.2, -0.15) is 5.10 Å². The second-order valence-corrected chi connectivity index (χ2v) is 8.77. The van der Waals surface area contributed by atoms with Crippen LogP contribution in [0.3, 0.4) is 0 Å². The number of piperidine rings is 1. The van der Waals surface area contributed by atoms with Crippen LogP contribution in [0.5, 0.6) is 0 Å². The Bertz CT molecular complexity index is 692. The minimum Gasteiger partial charge on any atom is -0.394 e. The van der Waals surface area contributed by atoms with Crippen LogP contribution in [0.25, 0.3) is 0 Å². The predicted octanol–water partition coefficient (Wildman–Crippen LogP) is 3.32. The first-order valence-electron chi connectivity index (χ1n) is 9.51. The monoisotopic (exact) mass is 374 g/mol. The van der Waals surface area contributed by atoms with E-state index in [1.807, 2.05) is 4.68 Å². The number of nitrogens with zero attached hydrogens (tertiary/aromatic N) is 4. The first-order valence-corrected chi connectivity index (χ1v) is 10.4. The van der Waals surface area contributed by atoms with Crippen LogP contribution in [-0.4, -0.2) is 51.5 Å². The molecule has 0 aliphatic carbocycles. The van der Waals surface area contributed by atoms with Crippen molar-refractivity contribution in [3.8, 4) is 0 Å². The SMILES string of the molecule is Cc1ccc(SC(C)c2nc(CC3CCN(C)CC3)nn2CCO)cc1. The smallest absolute Gasteiger partial charge is 0.151 e. The highest BCUT2D eigenvalue weighted by Crippen LogP contribution is 2.34. The van der Waals surface area contributed by atoms with Gasteiger partial charge in [-0.05, 0) is 64.9 Å². The van der Waals surface area contributed by atoms with Crippen LogP contribution in [0, 0.1) is 12.8 Å². The van der Waals surface area contributed by atoms with E-state index in [9.17, 15) is 5.11 Å². The standard InChI is InChI=1S/C20H30N4OS/c1-15-4-6-18(7-5-15)26-16(2)20-21-19(22-24(20)12-13-25)14-17-8-10-23(3)11-9-17/h4-7,16-17,25H,8-14H2,1-3H3. The van der Waals surface area contributed by atoms with E-state index in [2.05, 4.69) is 50.1 Å². The Morgan fingerprint density at radius 3 is 2.58 bits per heavy atom. The van der Waals surface area contributed by atoms with E-state index in [1.54, 1.807) is 11.8 Å². The molecule has 0 bridgehead atoms. The molecule has 1 unspecified atom stereocenters. The number of aryl methyl sites for hydroxylation is 1. The fourth-order valence-corrected chi connectivity index (χ4v) is 4.43. The van der Waals surface area contributed by atoms with E-state index in [0.29, 0.717) is 12.5 Å². The minimum atomic E-state index is 0.0892. The van der Waals surface area contributed by atoms with Gasteiger partial charge in [-0.3, -0.25) is 0 Å². The van der Waals surface area contributed by atoms with E-state index in [-0.39, 0.29) is 11.9 Å². The molecular weight excluding hydrogens is 344 g/mol. The van der Waals surface area contributed by atoms with Crippen molar-refractivity contribution < 1.29 is 5.11 Å². The maximum Gasteiger partial charge on any atom is 0.151 e. The van der Waals surface area contributed by atoms with E-state index >= 15 is 0 Å². The van der Waals surface area contributed by atoms with E-state index in [0.717, 1.165) is 31.2 Å². The van der Waals surface area contributed by atoms with Crippen LogP contribution in [0.15, 0.2) is 29.2 Å². The fraction of sp³-hybridized carbons (Fsp3) is 0.600. The summed E-state index contributed by atoms with van der Waals surface area (Å²) >= 11 is 1.79. The molecule has 0 amide bonds.